The van der Waals surface area contributed by atoms with E-state index in [1.54, 1.807) is 0 Å². The van der Waals surface area contributed by atoms with Crippen molar-refractivity contribution >= 4 is 18.0 Å². The highest BCUT2D eigenvalue weighted by molar-refractivity contribution is 8.04. The minimum absolute atomic E-state index is 0.351. The number of carbonyl (C=O) groups is 1. The largest absolute Gasteiger partial charge is 0.302 e. The van der Waals surface area contributed by atoms with Crippen LogP contribution in [0.25, 0.3) is 0 Å². The Morgan fingerprint density at radius 2 is 2.08 bits per heavy atom. The molecule has 0 saturated carbocycles. The number of nitrogens with zero attached hydrogens (tertiary/aromatic N) is 1. The van der Waals surface area contributed by atoms with Crippen molar-refractivity contribution in [3.8, 4) is 5.40 Å². The summed E-state index contributed by atoms with van der Waals surface area (Å²) in [5, 5.41) is 9.94. The fourth-order valence-electron chi connectivity index (χ4n) is 0.874. The number of aldehydes is 1. The van der Waals surface area contributed by atoms with Gasteiger partial charge in [-0.2, -0.15) is 5.26 Å². The van der Waals surface area contributed by atoms with E-state index in [4.69, 9.17) is 5.26 Å². The van der Waals surface area contributed by atoms with Gasteiger partial charge in [-0.15, -0.1) is 0 Å². The van der Waals surface area contributed by atoms with Gasteiger partial charge in [-0.3, -0.25) is 0 Å². The monoisotopic (exact) mass is 177 g/mol. The highest BCUT2D eigenvalue weighted by Gasteiger charge is 2.08. The van der Waals surface area contributed by atoms with Crippen LogP contribution in [0.5, 0.6) is 0 Å². The normalized spacial score (nSPS) is 11.6. The number of thioether (sulfide) groups is 1. The zero-order chi connectivity index (χ0) is 8.81. The third-order valence-electron chi connectivity index (χ3n) is 1.43. The summed E-state index contributed by atoms with van der Waals surface area (Å²) in [6, 6.07) is 9.25. The lowest BCUT2D eigenvalue weighted by atomic mass is 10.2. The van der Waals surface area contributed by atoms with Crippen LogP contribution in [-0.2, 0) is 4.79 Å². The van der Waals surface area contributed by atoms with E-state index in [1.165, 1.54) is 0 Å². The topological polar surface area (TPSA) is 40.9 Å². The summed E-state index contributed by atoms with van der Waals surface area (Å²) < 4.78 is 0. The van der Waals surface area contributed by atoms with Gasteiger partial charge in [0, 0.05) is 0 Å². The molecule has 0 fully saturated rings. The molecule has 0 aliphatic rings. The fraction of sp³-hybridized carbons (Fsp3) is 0.111. The lowest BCUT2D eigenvalue weighted by molar-refractivity contribution is -0.107. The molecule has 0 aliphatic heterocycles. The lowest BCUT2D eigenvalue weighted by Crippen LogP contribution is -1.92. The second-order valence-corrected chi connectivity index (χ2v) is 3.10. The van der Waals surface area contributed by atoms with Crippen molar-refractivity contribution in [2.75, 3.05) is 0 Å². The first-order valence-electron chi connectivity index (χ1n) is 3.43. The number of hydrogen-bond donors (Lipinski definition) is 0. The van der Waals surface area contributed by atoms with E-state index in [-0.39, 0.29) is 5.25 Å². The Balaban J connectivity index is 2.81. The van der Waals surface area contributed by atoms with E-state index in [0.717, 1.165) is 23.6 Å². The maximum atomic E-state index is 10.5. The summed E-state index contributed by atoms with van der Waals surface area (Å²) in [4.78, 5) is 10.5. The molecule has 0 spiro atoms. The van der Waals surface area contributed by atoms with Crippen molar-refractivity contribution in [1.82, 2.24) is 0 Å². The summed E-state index contributed by atoms with van der Waals surface area (Å²) in [5.74, 6) is 0. The Hall–Kier alpha value is -1.27. The molecule has 0 amide bonds. The standard InChI is InChI=1S/C9H7NOS/c10-7-12-9(6-11)8-4-2-1-3-5-8/h1-6,9H/t9-/m1/s1. The average molecular weight is 177 g/mol. The van der Waals surface area contributed by atoms with Crippen molar-refractivity contribution in [2.24, 2.45) is 0 Å². The lowest BCUT2D eigenvalue weighted by Gasteiger charge is -2.03. The van der Waals surface area contributed by atoms with Crippen LogP contribution in [0, 0.1) is 10.7 Å². The van der Waals surface area contributed by atoms with E-state index in [2.05, 4.69) is 0 Å². The zero-order valence-electron chi connectivity index (χ0n) is 6.31. The van der Waals surface area contributed by atoms with E-state index < -0.39 is 0 Å². The predicted molar refractivity (Wildman–Crippen MR) is 48.5 cm³/mol. The van der Waals surface area contributed by atoms with Gasteiger partial charge in [-0.25, -0.2) is 0 Å². The summed E-state index contributed by atoms with van der Waals surface area (Å²) in [6.07, 6.45) is 0.781. The molecule has 0 N–H and O–H groups in total. The maximum Gasteiger partial charge on any atom is 0.138 e. The fourth-order valence-corrected chi connectivity index (χ4v) is 1.34. The number of benzene rings is 1. The first-order chi connectivity index (χ1) is 5.88. The van der Waals surface area contributed by atoms with E-state index in [9.17, 15) is 4.79 Å². The molecular formula is C9H7NOS. The number of rotatable bonds is 3. The molecule has 60 valence electrons. The van der Waals surface area contributed by atoms with Crippen LogP contribution in [0.3, 0.4) is 0 Å². The van der Waals surface area contributed by atoms with E-state index >= 15 is 0 Å². The molecular weight excluding hydrogens is 170 g/mol. The number of hydrogen-bond acceptors (Lipinski definition) is 3. The third kappa shape index (κ3) is 2.11. The third-order valence-corrected chi connectivity index (χ3v) is 2.17. The van der Waals surface area contributed by atoms with Gasteiger partial charge in [-0.1, -0.05) is 30.3 Å². The molecule has 1 aromatic carbocycles. The average Bonchev–Trinajstić information content (AvgIpc) is 2.15. The Morgan fingerprint density at radius 3 is 2.58 bits per heavy atom. The highest BCUT2D eigenvalue weighted by Crippen LogP contribution is 2.24. The Bertz CT molecular complexity index is 291. The van der Waals surface area contributed by atoms with Gasteiger partial charge in [0.1, 0.15) is 11.7 Å². The molecule has 0 saturated heterocycles. The van der Waals surface area contributed by atoms with Gasteiger partial charge in [0.25, 0.3) is 0 Å². The van der Waals surface area contributed by atoms with Gasteiger partial charge in [0.05, 0.1) is 5.25 Å². The van der Waals surface area contributed by atoms with Crippen molar-refractivity contribution in [3.05, 3.63) is 35.9 Å². The molecule has 0 unspecified atom stereocenters. The molecule has 1 rings (SSSR count). The molecule has 3 heteroatoms. The van der Waals surface area contributed by atoms with Crippen molar-refractivity contribution < 1.29 is 4.79 Å². The highest BCUT2D eigenvalue weighted by atomic mass is 32.2. The summed E-state index contributed by atoms with van der Waals surface area (Å²) >= 11 is 0.967. The molecule has 1 atom stereocenters. The van der Waals surface area contributed by atoms with Crippen LogP contribution < -0.4 is 0 Å². The zero-order valence-corrected chi connectivity index (χ0v) is 7.12. The molecule has 12 heavy (non-hydrogen) atoms. The van der Waals surface area contributed by atoms with Gasteiger partial charge in [0.15, 0.2) is 0 Å². The molecule has 0 aromatic heterocycles. The molecule has 0 aliphatic carbocycles. The van der Waals surface area contributed by atoms with E-state index in [0.29, 0.717) is 0 Å². The summed E-state index contributed by atoms with van der Waals surface area (Å²) in [6.45, 7) is 0. The predicted octanol–water partition coefficient (Wildman–Crippen LogP) is 2.14. The molecule has 0 radical (unpaired) electrons. The molecule has 2 nitrogen and oxygen atoms in total. The maximum absolute atomic E-state index is 10.5. The van der Waals surface area contributed by atoms with Crippen molar-refractivity contribution in [2.45, 2.75) is 5.25 Å². The Kier molecular flexibility index (Phi) is 3.36. The molecule has 1 aromatic rings. The second-order valence-electron chi connectivity index (χ2n) is 2.18. The molecule has 0 heterocycles. The van der Waals surface area contributed by atoms with Gasteiger partial charge >= 0.3 is 0 Å². The van der Waals surface area contributed by atoms with E-state index in [1.807, 2.05) is 35.7 Å². The Labute approximate surface area is 75.2 Å². The first kappa shape index (κ1) is 8.82. The first-order valence-corrected chi connectivity index (χ1v) is 4.31. The van der Waals surface area contributed by atoms with Crippen LogP contribution in [-0.4, -0.2) is 6.29 Å². The van der Waals surface area contributed by atoms with Crippen molar-refractivity contribution in [1.29, 1.82) is 5.26 Å². The van der Waals surface area contributed by atoms with Crippen LogP contribution in [0.15, 0.2) is 30.3 Å². The smallest absolute Gasteiger partial charge is 0.138 e. The Morgan fingerprint density at radius 1 is 1.42 bits per heavy atom. The van der Waals surface area contributed by atoms with Gasteiger partial charge in [-0.05, 0) is 17.3 Å². The van der Waals surface area contributed by atoms with Crippen LogP contribution in [0.2, 0.25) is 0 Å². The number of thiocyanates is 1. The summed E-state index contributed by atoms with van der Waals surface area (Å²) in [5.41, 5.74) is 0.874. The van der Waals surface area contributed by atoms with Gasteiger partial charge in [0.2, 0.25) is 0 Å². The second kappa shape index (κ2) is 4.58. The quantitative estimate of drug-likeness (QED) is 0.524. The number of carbonyl (C=O) groups excluding carboxylic acids is 1. The summed E-state index contributed by atoms with van der Waals surface area (Å²) in [7, 11) is 0. The van der Waals surface area contributed by atoms with Crippen LogP contribution in [0.4, 0.5) is 0 Å². The van der Waals surface area contributed by atoms with Crippen molar-refractivity contribution in [3.63, 3.8) is 0 Å². The van der Waals surface area contributed by atoms with Crippen LogP contribution >= 0.6 is 11.8 Å². The number of nitriles is 1. The van der Waals surface area contributed by atoms with Crippen LogP contribution in [0.1, 0.15) is 10.8 Å². The minimum Gasteiger partial charge on any atom is -0.302 e. The molecule has 0 bridgehead atoms. The minimum atomic E-state index is -0.351. The van der Waals surface area contributed by atoms with Gasteiger partial charge < -0.3 is 4.79 Å². The SMILES string of the molecule is N#CS[C@H](C=O)c1ccccc1.